The van der Waals surface area contributed by atoms with Crippen molar-refractivity contribution in [2.45, 2.75) is 20.0 Å². The second-order valence-electron chi connectivity index (χ2n) is 4.54. The number of aryl methyl sites for hydroxylation is 1. The summed E-state index contributed by atoms with van der Waals surface area (Å²) < 4.78 is 36.8. The number of rotatable bonds is 5. The molecule has 7 heteroatoms. The molecule has 0 aliphatic heterocycles. The third kappa shape index (κ3) is 5.48. The van der Waals surface area contributed by atoms with Crippen molar-refractivity contribution in [3.8, 4) is 0 Å². The highest BCUT2D eigenvalue weighted by atomic mass is 19.4. The first kappa shape index (κ1) is 16.3. The third-order valence-electron chi connectivity index (χ3n) is 2.78. The maximum absolute atomic E-state index is 12.3. The van der Waals surface area contributed by atoms with Crippen LogP contribution in [0.3, 0.4) is 0 Å². The molecule has 0 fully saturated rings. The summed E-state index contributed by atoms with van der Waals surface area (Å²) in [5, 5.41) is 2.53. The number of anilines is 2. The maximum atomic E-state index is 12.3. The molecule has 1 rings (SSSR count). The van der Waals surface area contributed by atoms with Crippen LogP contribution in [0.25, 0.3) is 0 Å². The van der Waals surface area contributed by atoms with Crippen LogP contribution >= 0.6 is 0 Å². The van der Waals surface area contributed by atoms with Crippen LogP contribution in [-0.2, 0) is 4.79 Å². The number of benzene rings is 1. The highest BCUT2D eigenvalue weighted by Crippen LogP contribution is 2.18. The Labute approximate surface area is 115 Å². The maximum Gasteiger partial charge on any atom is 0.401 e. The van der Waals surface area contributed by atoms with Gasteiger partial charge in [-0.3, -0.25) is 9.69 Å². The molecule has 0 radical (unpaired) electrons. The van der Waals surface area contributed by atoms with E-state index in [2.05, 4.69) is 5.32 Å². The van der Waals surface area contributed by atoms with Gasteiger partial charge in [-0.15, -0.1) is 0 Å². The molecule has 0 aliphatic rings. The Balaban J connectivity index is 2.59. The fraction of sp³-hybridized carbons (Fsp3) is 0.462. The van der Waals surface area contributed by atoms with Crippen LogP contribution in [0.4, 0.5) is 24.5 Å². The molecule has 0 saturated carbocycles. The van der Waals surface area contributed by atoms with Gasteiger partial charge in [0.25, 0.3) is 0 Å². The second-order valence-corrected chi connectivity index (χ2v) is 4.54. The molecular formula is C13H18F3N3O. The number of hydrogen-bond donors (Lipinski definition) is 2. The largest absolute Gasteiger partial charge is 0.401 e. The summed E-state index contributed by atoms with van der Waals surface area (Å²) in [7, 11) is 0. The van der Waals surface area contributed by atoms with Crippen LogP contribution in [0.5, 0.6) is 0 Å². The molecule has 0 aliphatic carbocycles. The number of nitrogen functional groups attached to an aromatic ring is 1. The summed E-state index contributed by atoms with van der Waals surface area (Å²) >= 11 is 0. The average Bonchev–Trinajstić information content (AvgIpc) is 2.31. The van der Waals surface area contributed by atoms with Gasteiger partial charge in [0, 0.05) is 11.4 Å². The van der Waals surface area contributed by atoms with Gasteiger partial charge in [0.05, 0.1) is 13.1 Å². The Kier molecular flexibility index (Phi) is 5.38. The van der Waals surface area contributed by atoms with E-state index < -0.39 is 18.6 Å². The molecule has 112 valence electrons. The summed E-state index contributed by atoms with van der Waals surface area (Å²) in [6.07, 6.45) is -4.31. The standard InChI is InChI=1S/C13H18F3N3O/c1-3-19(8-13(14,15)16)7-12(20)18-10-5-4-9(2)11(17)6-10/h4-6H,3,7-8,17H2,1-2H3,(H,18,20). The van der Waals surface area contributed by atoms with Crippen molar-refractivity contribution in [3.05, 3.63) is 23.8 Å². The van der Waals surface area contributed by atoms with E-state index >= 15 is 0 Å². The normalized spacial score (nSPS) is 11.7. The molecule has 0 atom stereocenters. The molecule has 0 heterocycles. The van der Waals surface area contributed by atoms with Crippen LogP contribution in [0.15, 0.2) is 18.2 Å². The zero-order valence-electron chi connectivity index (χ0n) is 11.4. The Morgan fingerprint density at radius 2 is 2.05 bits per heavy atom. The lowest BCUT2D eigenvalue weighted by Crippen LogP contribution is -2.39. The molecule has 1 amide bonds. The van der Waals surface area contributed by atoms with Crippen LogP contribution in [0.2, 0.25) is 0 Å². The van der Waals surface area contributed by atoms with E-state index in [0.29, 0.717) is 11.4 Å². The van der Waals surface area contributed by atoms with Crippen molar-refractivity contribution in [3.63, 3.8) is 0 Å². The predicted octanol–water partition coefficient (Wildman–Crippen LogP) is 2.40. The molecule has 0 bridgehead atoms. The Bertz CT molecular complexity index is 474. The highest BCUT2D eigenvalue weighted by Gasteiger charge is 2.30. The van der Waals surface area contributed by atoms with E-state index in [0.717, 1.165) is 10.5 Å². The van der Waals surface area contributed by atoms with Gasteiger partial charge in [0.1, 0.15) is 0 Å². The third-order valence-corrected chi connectivity index (χ3v) is 2.78. The van der Waals surface area contributed by atoms with Gasteiger partial charge in [-0.05, 0) is 31.2 Å². The molecule has 0 spiro atoms. The fourth-order valence-corrected chi connectivity index (χ4v) is 1.65. The topological polar surface area (TPSA) is 58.4 Å². The van der Waals surface area contributed by atoms with Crippen molar-refractivity contribution in [2.75, 3.05) is 30.7 Å². The summed E-state index contributed by atoms with van der Waals surface area (Å²) in [6, 6.07) is 4.97. The first-order valence-electron chi connectivity index (χ1n) is 6.16. The number of nitrogens with one attached hydrogen (secondary N) is 1. The minimum Gasteiger partial charge on any atom is -0.398 e. The molecule has 3 N–H and O–H groups in total. The lowest BCUT2D eigenvalue weighted by molar-refractivity contribution is -0.147. The Morgan fingerprint density at radius 3 is 2.55 bits per heavy atom. The number of hydrogen-bond acceptors (Lipinski definition) is 3. The van der Waals surface area contributed by atoms with E-state index in [4.69, 9.17) is 5.73 Å². The van der Waals surface area contributed by atoms with Crippen molar-refractivity contribution in [1.29, 1.82) is 0 Å². The number of likely N-dealkylation sites (N-methyl/N-ethyl adjacent to an activating group) is 1. The van der Waals surface area contributed by atoms with Gasteiger partial charge >= 0.3 is 6.18 Å². The van der Waals surface area contributed by atoms with Gasteiger partial charge in [0.15, 0.2) is 0 Å². The van der Waals surface area contributed by atoms with Crippen LogP contribution in [0.1, 0.15) is 12.5 Å². The van der Waals surface area contributed by atoms with Gasteiger partial charge in [-0.1, -0.05) is 13.0 Å². The molecule has 0 unspecified atom stereocenters. The monoisotopic (exact) mass is 289 g/mol. The molecule has 0 aromatic heterocycles. The number of carbonyl (C=O) groups excluding carboxylic acids is 1. The lowest BCUT2D eigenvalue weighted by Gasteiger charge is -2.21. The van der Waals surface area contributed by atoms with Gasteiger partial charge in [-0.25, -0.2) is 0 Å². The van der Waals surface area contributed by atoms with E-state index in [-0.39, 0.29) is 13.1 Å². The summed E-state index contributed by atoms with van der Waals surface area (Å²) in [5.74, 6) is -0.501. The number of nitrogens with zero attached hydrogens (tertiary/aromatic N) is 1. The summed E-state index contributed by atoms with van der Waals surface area (Å²) in [4.78, 5) is 12.7. The molecule has 4 nitrogen and oxygen atoms in total. The van der Waals surface area contributed by atoms with E-state index in [1.807, 2.05) is 6.92 Å². The number of amides is 1. The summed E-state index contributed by atoms with van der Waals surface area (Å²) in [5.41, 5.74) is 7.56. The number of halogens is 3. The zero-order chi connectivity index (χ0) is 15.3. The average molecular weight is 289 g/mol. The van der Waals surface area contributed by atoms with E-state index in [9.17, 15) is 18.0 Å². The zero-order valence-corrected chi connectivity index (χ0v) is 11.4. The minimum atomic E-state index is -4.31. The Morgan fingerprint density at radius 1 is 1.40 bits per heavy atom. The highest BCUT2D eigenvalue weighted by molar-refractivity contribution is 5.92. The van der Waals surface area contributed by atoms with Crippen molar-refractivity contribution < 1.29 is 18.0 Å². The molecular weight excluding hydrogens is 271 g/mol. The Hall–Kier alpha value is -1.76. The smallest absolute Gasteiger partial charge is 0.398 e. The van der Waals surface area contributed by atoms with Gasteiger partial charge < -0.3 is 11.1 Å². The molecule has 20 heavy (non-hydrogen) atoms. The molecule has 0 saturated heterocycles. The van der Waals surface area contributed by atoms with Crippen LogP contribution in [-0.4, -0.2) is 36.6 Å². The fourth-order valence-electron chi connectivity index (χ4n) is 1.65. The molecule has 1 aromatic carbocycles. The molecule has 1 aromatic rings. The lowest BCUT2D eigenvalue weighted by atomic mass is 10.2. The first-order valence-corrected chi connectivity index (χ1v) is 6.16. The van der Waals surface area contributed by atoms with Crippen molar-refractivity contribution in [2.24, 2.45) is 0 Å². The van der Waals surface area contributed by atoms with Crippen LogP contribution < -0.4 is 11.1 Å². The second kappa shape index (κ2) is 6.60. The quantitative estimate of drug-likeness (QED) is 0.818. The van der Waals surface area contributed by atoms with E-state index in [1.54, 1.807) is 25.1 Å². The SMILES string of the molecule is CCN(CC(=O)Nc1ccc(C)c(N)c1)CC(F)(F)F. The van der Waals surface area contributed by atoms with Crippen molar-refractivity contribution in [1.82, 2.24) is 4.90 Å². The number of alkyl halides is 3. The number of nitrogens with two attached hydrogens (primary N) is 1. The minimum absolute atomic E-state index is 0.142. The van der Waals surface area contributed by atoms with Gasteiger partial charge in [-0.2, -0.15) is 13.2 Å². The van der Waals surface area contributed by atoms with Crippen molar-refractivity contribution >= 4 is 17.3 Å². The van der Waals surface area contributed by atoms with E-state index in [1.165, 1.54) is 0 Å². The van der Waals surface area contributed by atoms with Crippen LogP contribution in [0, 0.1) is 6.92 Å². The predicted molar refractivity (Wildman–Crippen MR) is 72.4 cm³/mol. The number of carbonyl (C=O) groups is 1. The summed E-state index contributed by atoms with van der Waals surface area (Å²) in [6.45, 7) is 2.12. The van der Waals surface area contributed by atoms with Gasteiger partial charge in [0.2, 0.25) is 5.91 Å². The first-order chi connectivity index (χ1) is 9.21.